The van der Waals surface area contributed by atoms with E-state index in [1.165, 1.54) is 6.26 Å². The van der Waals surface area contributed by atoms with Gasteiger partial charge in [-0.05, 0) is 23.8 Å². The van der Waals surface area contributed by atoms with Crippen molar-refractivity contribution < 1.29 is 14.4 Å². The molecule has 0 atom stereocenters. The second kappa shape index (κ2) is 6.60. The van der Waals surface area contributed by atoms with Gasteiger partial charge in [-0.1, -0.05) is 24.2 Å². The van der Waals surface area contributed by atoms with Crippen LogP contribution in [-0.2, 0) is 12.8 Å². The van der Waals surface area contributed by atoms with Gasteiger partial charge in [0.15, 0.2) is 0 Å². The van der Waals surface area contributed by atoms with Gasteiger partial charge in [0.25, 0.3) is 5.91 Å². The van der Waals surface area contributed by atoms with Gasteiger partial charge >= 0.3 is 0 Å². The lowest BCUT2D eigenvalue weighted by atomic mass is 10.1. The van der Waals surface area contributed by atoms with Crippen LogP contribution in [-0.4, -0.2) is 17.0 Å². The molecule has 2 rings (SSSR count). The minimum atomic E-state index is -0.204. The Bertz CT molecular complexity index is 644. The lowest BCUT2D eigenvalue weighted by Crippen LogP contribution is -2.15. The Balaban J connectivity index is 2.05. The molecule has 0 bridgehead atoms. The molecule has 6 nitrogen and oxygen atoms in total. The third-order valence-corrected chi connectivity index (χ3v) is 3.04. The number of rotatable bonds is 5. The van der Waals surface area contributed by atoms with Crippen molar-refractivity contribution in [2.24, 2.45) is 10.9 Å². The van der Waals surface area contributed by atoms with Gasteiger partial charge in [0.05, 0.1) is 11.8 Å². The van der Waals surface area contributed by atoms with Gasteiger partial charge in [0.2, 0.25) is 0 Å². The largest absolute Gasteiger partial charge is 0.469 e. The number of nitrogens with zero attached hydrogens (tertiary/aromatic N) is 1. The SMILES string of the molecule is CCc1occc1C(=O)Nc1ccc(C/C(N)=N/O)cc1. The molecule has 1 aromatic carbocycles. The van der Waals surface area contributed by atoms with E-state index in [1.54, 1.807) is 18.2 Å². The van der Waals surface area contributed by atoms with Gasteiger partial charge < -0.3 is 20.7 Å². The highest BCUT2D eigenvalue weighted by Crippen LogP contribution is 2.15. The summed E-state index contributed by atoms with van der Waals surface area (Å²) in [6, 6.07) is 8.81. The van der Waals surface area contributed by atoms with Crippen molar-refractivity contribution in [2.45, 2.75) is 19.8 Å². The third kappa shape index (κ3) is 3.62. The molecule has 2 aromatic rings. The van der Waals surface area contributed by atoms with Crippen molar-refractivity contribution in [3.8, 4) is 0 Å². The molecule has 0 fully saturated rings. The Labute approximate surface area is 122 Å². The maximum Gasteiger partial charge on any atom is 0.259 e. The first kappa shape index (κ1) is 14.6. The van der Waals surface area contributed by atoms with E-state index in [4.69, 9.17) is 15.4 Å². The highest BCUT2D eigenvalue weighted by atomic mass is 16.4. The quantitative estimate of drug-likeness (QED) is 0.340. The first-order valence-corrected chi connectivity index (χ1v) is 6.57. The van der Waals surface area contributed by atoms with Crippen LogP contribution < -0.4 is 11.1 Å². The Morgan fingerprint density at radius 2 is 2.05 bits per heavy atom. The average Bonchev–Trinajstić information content (AvgIpc) is 2.97. The van der Waals surface area contributed by atoms with Gasteiger partial charge in [-0.15, -0.1) is 0 Å². The van der Waals surface area contributed by atoms with Crippen molar-refractivity contribution >= 4 is 17.4 Å². The molecule has 0 spiro atoms. The fourth-order valence-corrected chi connectivity index (χ4v) is 1.97. The van der Waals surface area contributed by atoms with Gasteiger partial charge in [0, 0.05) is 18.5 Å². The van der Waals surface area contributed by atoms with E-state index < -0.39 is 0 Å². The zero-order valence-corrected chi connectivity index (χ0v) is 11.7. The van der Waals surface area contributed by atoms with E-state index in [-0.39, 0.29) is 11.7 Å². The number of hydrogen-bond acceptors (Lipinski definition) is 4. The van der Waals surface area contributed by atoms with E-state index in [0.29, 0.717) is 29.9 Å². The number of furan rings is 1. The molecule has 0 saturated heterocycles. The van der Waals surface area contributed by atoms with Crippen LogP contribution in [0.1, 0.15) is 28.6 Å². The predicted molar refractivity (Wildman–Crippen MR) is 79.6 cm³/mol. The number of anilines is 1. The molecule has 1 heterocycles. The number of nitrogens with one attached hydrogen (secondary N) is 1. The van der Waals surface area contributed by atoms with Crippen LogP contribution in [0.15, 0.2) is 46.2 Å². The first-order valence-electron chi connectivity index (χ1n) is 6.57. The van der Waals surface area contributed by atoms with Crippen LogP contribution in [0.4, 0.5) is 5.69 Å². The van der Waals surface area contributed by atoms with E-state index >= 15 is 0 Å². The van der Waals surface area contributed by atoms with Crippen molar-refractivity contribution in [2.75, 3.05) is 5.32 Å². The van der Waals surface area contributed by atoms with Crippen molar-refractivity contribution in [1.82, 2.24) is 0 Å². The van der Waals surface area contributed by atoms with E-state index in [1.807, 2.05) is 19.1 Å². The minimum Gasteiger partial charge on any atom is -0.469 e. The van der Waals surface area contributed by atoms with Gasteiger partial charge in [-0.3, -0.25) is 4.79 Å². The third-order valence-electron chi connectivity index (χ3n) is 3.04. The molecular weight excluding hydrogens is 270 g/mol. The van der Waals surface area contributed by atoms with E-state index in [9.17, 15) is 4.79 Å². The van der Waals surface area contributed by atoms with Crippen molar-refractivity contribution in [3.05, 3.63) is 53.5 Å². The van der Waals surface area contributed by atoms with Crippen LogP contribution >= 0.6 is 0 Å². The van der Waals surface area contributed by atoms with Crippen LogP contribution in [0.25, 0.3) is 0 Å². The highest BCUT2D eigenvalue weighted by Gasteiger charge is 2.13. The van der Waals surface area contributed by atoms with Gasteiger partial charge in [-0.25, -0.2) is 0 Å². The van der Waals surface area contributed by atoms with Crippen LogP contribution in [0.2, 0.25) is 0 Å². The number of amidine groups is 1. The lowest BCUT2D eigenvalue weighted by molar-refractivity contribution is 0.102. The summed E-state index contributed by atoms with van der Waals surface area (Å²) in [6.07, 6.45) is 2.52. The normalized spacial score (nSPS) is 11.4. The summed E-state index contributed by atoms with van der Waals surface area (Å²) in [7, 11) is 0. The highest BCUT2D eigenvalue weighted by molar-refractivity contribution is 6.04. The predicted octanol–water partition coefficient (Wildman–Crippen LogP) is 2.38. The summed E-state index contributed by atoms with van der Waals surface area (Å²) in [5.41, 5.74) is 7.54. The Morgan fingerprint density at radius 3 is 2.67 bits per heavy atom. The number of amides is 1. The van der Waals surface area contributed by atoms with Crippen LogP contribution in [0.5, 0.6) is 0 Å². The van der Waals surface area contributed by atoms with Crippen molar-refractivity contribution in [3.63, 3.8) is 0 Å². The van der Waals surface area contributed by atoms with E-state index in [0.717, 1.165) is 5.56 Å². The summed E-state index contributed by atoms with van der Waals surface area (Å²) in [5, 5.41) is 14.2. The molecule has 0 aliphatic heterocycles. The van der Waals surface area contributed by atoms with Crippen LogP contribution in [0.3, 0.4) is 0 Å². The number of aryl methyl sites for hydroxylation is 1. The van der Waals surface area contributed by atoms with E-state index in [2.05, 4.69) is 10.5 Å². The second-order valence-electron chi connectivity index (χ2n) is 4.53. The molecule has 0 unspecified atom stereocenters. The first-order chi connectivity index (χ1) is 10.1. The molecular formula is C15H17N3O3. The molecule has 0 aliphatic rings. The molecule has 110 valence electrons. The molecule has 0 aliphatic carbocycles. The van der Waals surface area contributed by atoms with Gasteiger partial charge in [-0.2, -0.15) is 0 Å². The monoisotopic (exact) mass is 287 g/mol. The fraction of sp³-hybridized carbons (Fsp3) is 0.200. The standard InChI is InChI=1S/C15H17N3O3/c1-2-13-12(7-8-21-13)15(19)17-11-5-3-10(4-6-11)9-14(16)18-20/h3-8,20H,2,9H2,1H3,(H2,16,18)(H,17,19). The second-order valence-corrected chi connectivity index (χ2v) is 4.53. The number of hydrogen-bond donors (Lipinski definition) is 3. The maximum absolute atomic E-state index is 12.1. The molecule has 1 aromatic heterocycles. The van der Waals surface area contributed by atoms with Crippen molar-refractivity contribution in [1.29, 1.82) is 0 Å². The number of nitrogens with two attached hydrogens (primary N) is 1. The number of carbonyl (C=O) groups excluding carboxylic acids is 1. The molecule has 6 heteroatoms. The lowest BCUT2D eigenvalue weighted by Gasteiger charge is -2.06. The minimum absolute atomic E-state index is 0.137. The summed E-state index contributed by atoms with van der Waals surface area (Å²) in [4.78, 5) is 12.1. The maximum atomic E-state index is 12.1. The number of carbonyl (C=O) groups is 1. The summed E-state index contributed by atoms with van der Waals surface area (Å²) >= 11 is 0. The van der Waals surface area contributed by atoms with Gasteiger partial charge in [0.1, 0.15) is 11.6 Å². The Hall–Kier alpha value is -2.76. The molecule has 0 radical (unpaired) electrons. The fourth-order valence-electron chi connectivity index (χ4n) is 1.97. The zero-order chi connectivity index (χ0) is 15.2. The average molecular weight is 287 g/mol. The number of benzene rings is 1. The summed E-state index contributed by atoms with van der Waals surface area (Å²) < 4.78 is 5.24. The summed E-state index contributed by atoms with van der Waals surface area (Å²) in [6.45, 7) is 1.93. The topological polar surface area (TPSA) is 101 Å². The smallest absolute Gasteiger partial charge is 0.259 e. The molecule has 1 amide bonds. The molecule has 21 heavy (non-hydrogen) atoms. The van der Waals surface area contributed by atoms with Crippen LogP contribution in [0, 0.1) is 0 Å². The Kier molecular flexibility index (Phi) is 4.61. The Morgan fingerprint density at radius 1 is 1.33 bits per heavy atom. The molecule has 0 saturated carbocycles. The number of oxime groups is 1. The molecule has 4 N–H and O–H groups in total. The zero-order valence-electron chi connectivity index (χ0n) is 11.7. The summed E-state index contributed by atoms with van der Waals surface area (Å²) in [5.74, 6) is 0.596.